The molecule has 0 aromatic rings. The van der Waals surface area contributed by atoms with Crippen LogP contribution in [0.4, 0.5) is 0 Å². The molecule has 0 amide bonds. The molecule has 0 N–H and O–H groups in total. The molecule has 0 aliphatic heterocycles. The van der Waals surface area contributed by atoms with Crippen molar-refractivity contribution in [2.75, 3.05) is 13.6 Å². The number of hydrogen-bond donors (Lipinski definition) is 0. The van der Waals surface area contributed by atoms with Gasteiger partial charge in [0.05, 0.1) is 0 Å². The van der Waals surface area contributed by atoms with Crippen molar-refractivity contribution in [2.45, 2.75) is 47.1 Å². The van der Waals surface area contributed by atoms with E-state index in [0.717, 1.165) is 6.54 Å². The van der Waals surface area contributed by atoms with Crippen molar-refractivity contribution in [1.29, 1.82) is 0 Å². The highest BCUT2D eigenvalue weighted by Crippen LogP contribution is 2.22. The van der Waals surface area contributed by atoms with E-state index in [2.05, 4.69) is 39.6 Å². The summed E-state index contributed by atoms with van der Waals surface area (Å²) in [5.41, 5.74) is 0.283. The van der Waals surface area contributed by atoms with Crippen LogP contribution in [0.15, 0.2) is 0 Å². The average Bonchev–Trinajstić information content (AvgIpc) is 1.96. The zero-order valence-electron chi connectivity index (χ0n) is 9.85. The molecular formula is C11H23NO. The molecule has 13 heavy (non-hydrogen) atoms. The third-order valence-corrected chi connectivity index (χ3v) is 2.73. The Kier molecular flexibility index (Phi) is 4.62. The summed E-state index contributed by atoms with van der Waals surface area (Å²) in [5, 5.41) is 0. The molecule has 78 valence electrons. The summed E-state index contributed by atoms with van der Waals surface area (Å²) in [5.74, 6) is 0.271. The molecule has 0 heterocycles. The molecule has 1 unspecified atom stereocenters. The molecule has 0 spiro atoms. The van der Waals surface area contributed by atoms with Crippen LogP contribution in [-0.2, 0) is 4.79 Å². The Labute approximate surface area is 82.3 Å². The van der Waals surface area contributed by atoms with E-state index in [1.807, 2.05) is 0 Å². The summed E-state index contributed by atoms with van der Waals surface area (Å²) in [6.07, 6.45) is 0.664. The molecule has 0 saturated heterocycles. The number of carbonyl (C=O) groups is 1. The van der Waals surface area contributed by atoms with Gasteiger partial charge in [0.15, 0.2) is 0 Å². The van der Waals surface area contributed by atoms with Gasteiger partial charge in [-0.2, -0.15) is 0 Å². The number of hydrogen-bond acceptors (Lipinski definition) is 2. The van der Waals surface area contributed by atoms with Gasteiger partial charge in [0.25, 0.3) is 0 Å². The summed E-state index contributed by atoms with van der Waals surface area (Å²) >= 11 is 0. The van der Waals surface area contributed by atoms with Gasteiger partial charge in [-0.25, -0.2) is 0 Å². The monoisotopic (exact) mass is 185 g/mol. The van der Waals surface area contributed by atoms with Crippen molar-refractivity contribution in [3.05, 3.63) is 0 Å². The van der Waals surface area contributed by atoms with Gasteiger partial charge in [-0.3, -0.25) is 4.79 Å². The van der Waals surface area contributed by atoms with Crippen LogP contribution in [0.1, 0.15) is 41.0 Å². The van der Waals surface area contributed by atoms with Gasteiger partial charge in [0.2, 0.25) is 0 Å². The van der Waals surface area contributed by atoms with Crippen molar-refractivity contribution in [2.24, 2.45) is 5.41 Å². The summed E-state index contributed by atoms with van der Waals surface area (Å²) in [6, 6.07) is 0.506. The number of ketones is 1. The lowest BCUT2D eigenvalue weighted by Crippen LogP contribution is -2.40. The zero-order chi connectivity index (χ0) is 10.6. The smallest absolute Gasteiger partial charge is 0.131 e. The van der Waals surface area contributed by atoms with Gasteiger partial charge in [0, 0.05) is 19.0 Å². The lowest BCUT2D eigenvalue weighted by Gasteiger charge is -2.35. The van der Waals surface area contributed by atoms with E-state index in [1.165, 1.54) is 0 Å². The first-order valence-electron chi connectivity index (χ1n) is 4.95. The lowest BCUT2D eigenvalue weighted by atomic mass is 9.87. The summed E-state index contributed by atoms with van der Waals surface area (Å²) in [6.45, 7) is 11.4. The predicted molar refractivity (Wildman–Crippen MR) is 56.8 cm³/mol. The van der Waals surface area contributed by atoms with Crippen molar-refractivity contribution in [3.8, 4) is 0 Å². The molecule has 2 heteroatoms. The Balaban J connectivity index is 3.97. The lowest BCUT2D eigenvalue weighted by molar-refractivity contribution is -0.117. The van der Waals surface area contributed by atoms with Crippen LogP contribution >= 0.6 is 0 Å². The molecule has 0 rings (SSSR count). The summed E-state index contributed by atoms with van der Waals surface area (Å²) in [7, 11) is 2.08. The van der Waals surface area contributed by atoms with Gasteiger partial charge in [-0.05, 0) is 26.3 Å². The van der Waals surface area contributed by atoms with E-state index in [4.69, 9.17) is 0 Å². The molecule has 1 atom stereocenters. The molecular weight excluding hydrogens is 162 g/mol. The van der Waals surface area contributed by atoms with Crippen LogP contribution in [0.5, 0.6) is 0 Å². The highest BCUT2D eigenvalue weighted by Gasteiger charge is 2.23. The Bertz CT molecular complexity index is 169. The van der Waals surface area contributed by atoms with Crippen LogP contribution < -0.4 is 0 Å². The number of carbonyl (C=O) groups excluding carboxylic acids is 1. The highest BCUT2D eigenvalue weighted by atomic mass is 16.1. The van der Waals surface area contributed by atoms with Crippen LogP contribution in [0.25, 0.3) is 0 Å². The fourth-order valence-corrected chi connectivity index (χ4v) is 1.19. The van der Waals surface area contributed by atoms with Crippen LogP contribution in [0.3, 0.4) is 0 Å². The first kappa shape index (κ1) is 12.6. The molecule has 0 aromatic carbocycles. The molecule has 0 aliphatic carbocycles. The Morgan fingerprint density at radius 3 is 2.15 bits per heavy atom. The maximum absolute atomic E-state index is 10.8. The van der Waals surface area contributed by atoms with Crippen LogP contribution in [0.2, 0.25) is 0 Å². The van der Waals surface area contributed by atoms with Gasteiger partial charge < -0.3 is 4.90 Å². The minimum Gasteiger partial charge on any atom is -0.303 e. The van der Waals surface area contributed by atoms with Crippen LogP contribution in [0, 0.1) is 5.41 Å². The highest BCUT2D eigenvalue weighted by molar-refractivity contribution is 5.75. The summed E-state index contributed by atoms with van der Waals surface area (Å²) in [4.78, 5) is 13.0. The quantitative estimate of drug-likeness (QED) is 0.670. The van der Waals surface area contributed by atoms with Gasteiger partial charge in [-0.15, -0.1) is 0 Å². The number of rotatable bonds is 4. The first-order valence-corrected chi connectivity index (χ1v) is 4.95. The van der Waals surface area contributed by atoms with Crippen LogP contribution in [-0.4, -0.2) is 30.3 Å². The Morgan fingerprint density at radius 2 is 1.85 bits per heavy atom. The van der Waals surface area contributed by atoms with Crippen molar-refractivity contribution in [1.82, 2.24) is 4.90 Å². The van der Waals surface area contributed by atoms with E-state index >= 15 is 0 Å². The third-order valence-electron chi connectivity index (χ3n) is 2.73. The Morgan fingerprint density at radius 1 is 1.38 bits per heavy atom. The first-order chi connectivity index (χ1) is 5.75. The molecule has 0 saturated carbocycles. The second-order valence-electron chi connectivity index (χ2n) is 4.97. The second-order valence-corrected chi connectivity index (χ2v) is 4.97. The standard InChI is InChI=1S/C11H23NO/c1-9(13)7-8-12(6)10(2)11(3,4)5/h10H,7-8H2,1-6H3. The van der Waals surface area contributed by atoms with E-state index in [0.29, 0.717) is 12.5 Å². The third kappa shape index (κ3) is 5.04. The average molecular weight is 185 g/mol. The normalized spacial score (nSPS) is 14.7. The largest absolute Gasteiger partial charge is 0.303 e. The van der Waals surface area contributed by atoms with Crippen molar-refractivity contribution < 1.29 is 4.79 Å². The van der Waals surface area contributed by atoms with Crippen molar-refractivity contribution in [3.63, 3.8) is 0 Å². The van der Waals surface area contributed by atoms with E-state index < -0.39 is 0 Å². The van der Waals surface area contributed by atoms with E-state index in [1.54, 1.807) is 6.92 Å². The molecule has 0 radical (unpaired) electrons. The molecule has 0 bridgehead atoms. The van der Waals surface area contributed by atoms with E-state index in [-0.39, 0.29) is 11.2 Å². The second kappa shape index (κ2) is 4.75. The molecule has 0 aliphatic rings. The predicted octanol–water partition coefficient (Wildman–Crippen LogP) is 2.33. The molecule has 2 nitrogen and oxygen atoms in total. The maximum Gasteiger partial charge on any atom is 0.131 e. The van der Waals surface area contributed by atoms with Gasteiger partial charge in [0.1, 0.15) is 5.78 Å². The van der Waals surface area contributed by atoms with E-state index in [9.17, 15) is 4.79 Å². The number of Topliss-reactive ketones (excluding diaryl/α,β-unsaturated/α-hetero) is 1. The minimum atomic E-state index is 0.271. The fourth-order valence-electron chi connectivity index (χ4n) is 1.19. The fraction of sp³-hybridized carbons (Fsp3) is 0.909. The molecule has 0 fully saturated rings. The van der Waals surface area contributed by atoms with Gasteiger partial charge in [-0.1, -0.05) is 20.8 Å². The Hall–Kier alpha value is -0.370. The maximum atomic E-state index is 10.8. The zero-order valence-corrected chi connectivity index (χ0v) is 9.85. The molecule has 0 aromatic heterocycles. The minimum absolute atomic E-state index is 0.271. The van der Waals surface area contributed by atoms with Crippen molar-refractivity contribution >= 4 is 5.78 Å². The summed E-state index contributed by atoms with van der Waals surface area (Å²) < 4.78 is 0. The number of nitrogens with zero attached hydrogens (tertiary/aromatic N) is 1. The SMILES string of the molecule is CC(=O)CCN(C)C(C)C(C)(C)C. The topological polar surface area (TPSA) is 20.3 Å². The van der Waals surface area contributed by atoms with Gasteiger partial charge >= 0.3 is 0 Å².